The van der Waals surface area contributed by atoms with E-state index in [1.807, 2.05) is 0 Å². The topological polar surface area (TPSA) is 72.8 Å². The lowest BCUT2D eigenvalue weighted by Crippen LogP contribution is -2.32. The minimum absolute atomic E-state index is 0.0142. The summed E-state index contributed by atoms with van der Waals surface area (Å²) in [6.07, 6.45) is 3.06. The highest BCUT2D eigenvalue weighted by molar-refractivity contribution is 7.86. The molecule has 0 radical (unpaired) electrons. The fourth-order valence-corrected chi connectivity index (χ4v) is 2.37. The number of ether oxygens (including phenoxy) is 1. The van der Waals surface area contributed by atoms with Gasteiger partial charge in [0.2, 0.25) is 0 Å². The fraction of sp³-hybridized carbons (Fsp3) is 0.800. The molecule has 1 aliphatic rings. The van der Waals surface area contributed by atoms with Crippen LogP contribution in [0.1, 0.15) is 19.8 Å². The van der Waals surface area contributed by atoms with Crippen molar-refractivity contribution in [2.45, 2.75) is 25.9 Å². The van der Waals surface area contributed by atoms with E-state index < -0.39 is 16.2 Å². The molecule has 1 aliphatic heterocycles. The van der Waals surface area contributed by atoms with E-state index in [2.05, 4.69) is 0 Å². The van der Waals surface area contributed by atoms with Gasteiger partial charge >= 0.3 is 0 Å². The van der Waals surface area contributed by atoms with E-state index in [1.165, 1.54) is 6.08 Å². The molecule has 0 aromatic rings. The molecule has 0 saturated carbocycles. The summed E-state index contributed by atoms with van der Waals surface area (Å²) in [6.45, 7) is 2.80. The Morgan fingerprint density at radius 2 is 2.06 bits per heavy atom. The quantitative estimate of drug-likeness (QED) is 0.600. The van der Waals surface area contributed by atoms with Crippen LogP contribution < -0.4 is 0 Å². The first-order valence-corrected chi connectivity index (χ1v) is 7.07. The first-order valence-electron chi connectivity index (χ1n) is 5.25. The molecule has 0 bridgehead atoms. The molecule has 0 spiro atoms. The Morgan fingerprint density at radius 3 is 2.50 bits per heavy atom. The predicted molar refractivity (Wildman–Crippen MR) is 59.6 cm³/mol. The lowest BCUT2D eigenvalue weighted by molar-refractivity contribution is 0.0194. The molecule has 94 valence electrons. The molecule has 1 unspecified atom stereocenters. The zero-order chi connectivity index (χ0) is 12.2. The average Bonchev–Trinajstić information content (AvgIpc) is 2.25. The van der Waals surface area contributed by atoms with Crippen molar-refractivity contribution in [3.05, 3.63) is 11.8 Å². The van der Waals surface area contributed by atoms with Gasteiger partial charge < -0.3 is 9.84 Å². The Balaban J connectivity index is 2.78. The number of hydrogen-bond acceptors (Lipinski definition) is 5. The van der Waals surface area contributed by atoms with Gasteiger partial charge in [0.1, 0.15) is 11.9 Å². The summed E-state index contributed by atoms with van der Waals surface area (Å²) in [5.74, 6) is -0.0444. The number of rotatable bonds is 4. The van der Waals surface area contributed by atoms with Crippen molar-refractivity contribution < 1.29 is 22.4 Å². The second-order valence-corrected chi connectivity index (χ2v) is 5.48. The Hall–Kier alpha value is -0.590. The van der Waals surface area contributed by atoms with Crippen LogP contribution in [0.4, 0.5) is 0 Å². The van der Waals surface area contributed by atoms with Crippen molar-refractivity contribution in [1.29, 1.82) is 0 Å². The van der Waals surface area contributed by atoms with Crippen molar-refractivity contribution >= 4 is 10.1 Å². The Bertz CT molecular complexity index is 340. The monoisotopic (exact) mass is 250 g/mol. The van der Waals surface area contributed by atoms with Crippen molar-refractivity contribution in [3.63, 3.8) is 0 Å². The summed E-state index contributed by atoms with van der Waals surface area (Å²) < 4.78 is 32.3. The standard InChI is InChI=1S/C10H18O5S/c1-3-9(11)10(15-16(2,12)13)8-4-6-14-7-5-8/h3,8,10-11H,4-7H2,1-2H3/b9-3-. The molecule has 0 aromatic heterocycles. The van der Waals surface area contributed by atoms with Crippen molar-refractivity contribution in [3.8, 4) is 0 Å². The van der Waals surface area contributed by atoms with Crippen LogP contribution in [0, 0.1) is 5.92 Å². The molecule has 1 heterocycles. The molecule has 1 atom stereocenters. The van der Waals surface area contributed by atoms with E-state index in [9.17, 15) is 13.5 Å². The van der Waals surface area contributed by atoms with Crippen molar-refractivity contribution in [1.82, 2.24) is 0 Å². The van der Waals surface area contributed by atoms with Crippen LogP contribution >= 0.6 is 0 Å². The van der Waals surface area contributed by atoms with Crippen LogP contribution in [0.5, 0.6) is 0 Å². The molecule has 1 saturated heterocycles. The van der Waals surface area contributed by atoms with Gasteiger partial charge in [0.25, 0.3) is 10.1 Å². The first kappa shape index (κ1) is 13.5. The summed E-state index contributed by atoms with van der Waals surface area (Å²) >= 11 is 0. The summed E-state index contributed by atoms with van der Waals surface area (Å²) in [4.78, 5) is 0. The van der Waals surface area contributed by atoms with Crippen LogP contribution in [0.15, 0.2) is 11.8 Å². The summed E-state index contributed by atoms with van der Waals surface area (Å²) in [7, 11) is -3.57. The second-order valence-electron chi connectivity index (χ2n) is 3.88. The van der Waals surface area contributed by atoms with Crippen LogP contribution in [0.25, 0.3) is 0 Å². The van der Waals surface area contributed by atoms with Crippen LogP contribution in [-0.4, -0.2) is 39.1 Å². The Kier molecular flexibility index (Phi) is 4.76. The van der Waals surface area contributed by atoms with E-state index in [-0.39, 0.29) is 11.7 Å². The smallest absolute Gasteiger partial charge is 0.265 e. The molecular formula is C10H18O5S. The third kappa shape index (κ3) is 4.11. The van der Waals surface area contributed by atoms with Gasteiger partial charge in [-0.25, -0.2) is 0 Å². The minimum atomic E-state index is -3.57. The minimum Gasteiger partial charge on any atom is -0.510 e. The Labute approximate surface area is 96.2 Å². The summed E-state index contributed by atoms with van der Waals surface area (Å²) in [5.41, 5.74) is 0. The number of allylic oxidation sites excluding steroid dienone is 1. The van der Waals surface area contributed by atoms with Gasteiger partial charge in [-0.1, -0.05) is 0 Å². The summed E-state index contributed by atoms with van der Waals surface area (Å²) in [5, 5.41) is 9.66. The third-order valence-corrected chi connectivity index (χ3v) is 3.12. The highest BCUT2D eigenvalue weighted by Gasteiger charge is 2.30. The molecule has 16 heavy (non-hydrogen) atoms. The van der Waals surface area contributed by atoms with E-state index >= 15 is 0 Å². The molecule has 0 aliphatic carbocycles. The number of hydrogen-bond donors (Lipinski definition) is 1. The van der Waals surface area contributed by atoms with Crippen LogP contribution in [0.2, 0.25) is 0 Å². The Morgan fingerprint density at radius 1 is 1.50 bits per heavy atom. The zero-order valence-electron chi connectivity index (χ0n) is 9.55. The molecule has 1 fully saturated rings. The van der Waals surface area contributed by atoms with E-state index in [1.54, 1.807) is 6.92 Å². The van der Waals surface area contributed by atoms with Gasteiger partial charge in [0.15, 0.2) is 0 Å². The van der Waals surface area contributed by atoms with E-state index in [0.717, 1.165) is 6.26 Å². The van der Waals surface area contributed by atoms with Gasteiger partial charge in [-0.3, -0.25) is 4.18 Å². The van der Waals surface area contributed by atoms with Crippen LogP contribution in [-0.2, 0) is 19.0 Å². The van der Waals surface area contributed by atoms with Crippen molar-refractivity contribution in [2.24, 2.45) is 5.92 Å². The number of aliphatic hydroxyl groups excluding tert-OH is 1. The molecule has 0 aromatic carbocycles. The van der Waals surface area contributed by atoms with Gasteiger partial charge in [-0.05, 0) is 31.8 Å². The van der Waals surface area contributed by atoms with Crippen molar-refractivity contribution in [2.75, 3.05) is 19.5 Å². The normalized spacial score (nSPS) is 22.0. The predicted octanol–water partition coefficient (Wildman–Crippen LogP) is 1.22. The van der Waals surface area contributed by atoms with Crippen LogP contribution in [0.3, 0.4) is 0 Å². The van der Waals surface area contributed by atoms with Gasteiger partial charge in [0.05, 0.1) is 6.26 Å². The first-order chi connectivity index (χ1) is 7.44. The maximum atomic E-state index is 11.1. The highest BCUT2D eigenvalue weighted by Crippen LogP contribution is 2.26. The van der Waals surface area contributed by atoms with E-state index in [4.69, 9.17) is 8.92 Å². The molecule has 6 heteroatoms. The lowest BCUT2D eigenvalue weighted by atomic mass is 9.93. The maximum absolute atomic E-state index is 11.1. The van der Waals surface area contributed by atoms with Gasteiger partial charge in [-0.2, -0.15) is 8.42 Å². The second kappa shape index (κ2) is 5.65. The van der Waals surface area contributed by atoms with E-state index in [0.29, 0.717) is 26.1 Å². The highest BCUT2D eigenvalue weighted by atomic mass is 32.2. The zero-order valence-corrected chi connectivity index (χ0v) is 10.4. The molecular weight excluding hydrogens is 232 g/mol. The largest absolute Gasteiger partial charge is 0.510 e. The van der Waals surface area contributed by atoms with Gasteiger partial charge in [0, 0.05) is 13.2 Å². The SMILES string of the molecule is C/C=C(\O)C(OS(C)(=O)=O)C1CCOCC1. The molecule has 1 rings (SSSR count). The fourth-order valence-electron chi connectivity index (χ4n) is 1.74. The average molecular weight is 250 g/mol. The molecule has 5 nitrogen and oxygen atoms in total. The third-order valence-electron chi connectivity index (χ3n) is 2.56. The lowest BCUT2D eigenvalue weighted by Gasteiger charge is -2.28. The number of aliphatic hydroxyl groups is 1. The summed E-state index contributed by atoms with van der Waals surface area (Å²) in [6, 6.07) is 0. The maximum Gasteiger partial charge on any atom is 0.265 e. The molecule has 1 N–H and O–H groups in total. The molecule has 0 amide bonds. The van der Waals surface area contributed by atoms with Gasteiger partial charge in [-0.15, -0.1) is 0 Å².